The zero-order chi connectivity index (χ0) is 28.5. The molecule has 3 heteroatoms. The van der Waals surface area contributed by atoms with Crippen molar-refractivity contribution in [3.05, 3.63) is 100 Å². The molecule has 3 aromatic carbocycles. The number of amides is 1. The van der Waals surface area contributed by atoms with Crippen molar-refractivity contribution >= 4 is 11.7 Å². The van der Waals surface area contributed by atoms with Gasteiger partial charge in [-0.05, 0) is 106 Å². The van der Waals surface area contributed by atoms with Crippen LogP contribution >= 0.6 is 0 Å². The fourth-order valence-electron chi connectivity index (χ4n) is 8.25. The fraction of sp³-hybridized carbons (Fsp3) is 0.447. The number of rotatable bonds is 3. The van der Waals surface area contributed by atoms with Crippen LogP contribution in [0.25, 0.3) is 16.7 Å². The van der Waals surface area contributed by atoms with Crippen molar-refractivity contribution in [1.29, 1.82) is 0 Å². The standard InChI is InChI=1S/C38H43NO2/c1-24-19-34-35(38(4,5)18-17-37(34,2)3)22-32(24)25-20-26-11-10-12-27(21-25)39(26)36(40)41-23-33-30-15-8-6-13-28(30)29-14-7-9-16-31(29)33/h6-9,13-16,19-20,22,26-27,33H,10-12,17-18,21,23H2,1-5H3. The van der Waals surface area contributed by atoms with Crippen LogP contribution in [0.2, 0.25) is 0 Å². The first-order valence-corrected chi connectivity index (χ1v) is 15.6. The highest BCUT2D eigenvalue weighted by atomic mass is 16.6. The molecule has 2 bridgehead atoms. The molecule has 0 aromatic heterocycles. The van der Waals surface area contributed by atoms with Crippen LogP contribution in [0.4, 0.5) is 4.79 Å². The van der Waals surface area contributed by atoms with Gasteiger partial charge in [0.05, 0.1) is 6.04 Å². The van der Waals surface area contributed by atoms with Crippen LogP contribution in [0.1, 0.15) is 106 Å². The maximum Gasteiger partial charge on any atom is 0.410 e. The topological polar surface area (TPSA) is 29.5 Å². The molecular formula is C38H43NO2. The van der Waals surface area contributed by atoms with Gasteiger partial charge >= 0.3 is 6.09 Å². The summed E-state index contributed by atoms with van der Waals surface area (Å²) in [4.78, 5) is 15.8. The van der Waals surface area contributed by atoms with E-state index in [2.05, 4.69) is 106 Å². The zero-order valence-electron chi connectivity index (χ0n) is 25.3. The number of hydrogen-bond acceptors (Lipinski definition) is 2. The maximum absolute atomic E-state index is 13.7. The predicted molar refractivity (Wildman–Crippen MR) is 167 cm³/mol. The number of aryl methyl sites for hydroxylation is 1. The van der Waals surface area contributed by atoms with Crippen molar-refractivity contribution < 1.29 is 9.53 Å². The fourth-order valence-corrected chi connectivity index (χ4v) is 8.25. The summed E-state index contributed by atoms with van der Waals surface area (Å²) in [6, 6.07) is 22.4. The third kappa shape index (κ3) is 4.35. The Balaban J connectivity index is 1.15. The third-order valence-corrected chi connectivity index (χ3v) is 10.7. The van der Waals surface area contributed by atoms with Crippen LogP contribution in [-0.4, -0.2) is 29.7 Å². The third-order valence-electron chi connectivity index (χ3n) is 10.7. The number of benzene rings is 3. The lowest BCUT2D eigenvalue weighted by atomic mass is 9.62. The summed E-state index contributed by atoms with van der Waals surface area (Å²) in [6.45, 7) is 12.3. The van der Waals surface area contributed by atoms with Crippen molar-refractivity contribution in [3.63, 3.8) is 0 Å². The second-order valence-corrected chi connectivity index (χ2v) is 14.2. The summed E-state index contributed by atoms with van der Waals surface area (Å²) in [5, 5.41) is 0. The van der Waals surface area contributed by atoms with Crippen LogP contribution in [0.3, 0.4) is 0 Å². The van der Waals surface area contributed by atoms with Crippen LogP contribution < -0.4 is 0 Å². The first-order valence-electron chi connectivity index (χ1n) is 15.6. The van der Waals surface area contributed by atoms with E-state index in [-0.39, 0.29) is 34.9 Å². The molecule has 2 heterocycles. The van der Waals surface area contributed by atoms with Gasteiger partial charge in [-0.1, -0.05) is 94.4 Å². The monoisotopic (exact) mass is 545 g/mol. The van der Waals surface area contributed by atoms with Crippen molar-refractivity contribution in [3.8, 4) is 11.1 Å². The number of hydrogen-bond donors (Lipinski definition) is 0. The summed E-state index contributed by atoms with van der Waals surface area (Å²) in [7, 11) is 0. The molecule has 2 aliphatic heterocycles. The number of carbonyl (C=O) groups excluding carboxylic acids is 1. The number of ether oxygens (including phenoxy) is 1. The van der Waals surface area contributed by atoms with Gasteiger partial charge in [0.25, 0.3) is 0 Å². The second kappa shape index (κ2) is 9.61. The largest absolute Gasteiger partial charge is 0.448 e. The minimum absolute atomic E-state index is 0.0906. The molecule has 0 saturated carbocycles. The highest BCUT2D eigenvalue weighted by molar-refractivity contribution is 5.80. The molecule has 41 heavy (non-hydrogen) atoms. The molecule has 2 unspecified atom stereocenters. The van der Waals surface area contributed by atoms with Gasteiger partial charge in [-0.25, -0.2) is 4.79 Å². The van der Waals surface area contributed by atoms with E-state index < -0.39 is 0 Å². The Morgan fingerprint density at radius 2 is 1.46 bits per heavy atom. The van der Waals surface area contributed by atoms with Crippen molar-refractivity contribution in [2.75, 3.05) is 6.61 Å². The molecule has 7 rings (SSSR count). The first kappa shape index (κ1) is 26.6. The molecule has 1 fully saturated rings. The average Bonchev–Trinajstić information content (AvgIpc) is 3.27. The van der Waals surface area contributed by atoms with E-state index in [1.54, 1.807) is 0 Å². The Labute approximate surface area is 245 Å². The average molecular weight is 546 g/mol. The summed E-state index contributed by atoms with van der Waals surface area (Å²) >= 11 is 0. The molecule has 0 spiro atoms. The van der Waals surface area contributed by atoms with Gasteiger partial charge in [-0.2, -0.15) is 0 Å². The van der Waals surface area contributed by atoms with Gasteiger partial charge in [0.15, 0.2) is 0 Å². The normalized spacial score (nSPS) is 23.7. The first-order chi connectivity index (χ1) is 19.6. The van der Waals surface area contributed by atoms with E-state index in [9.17, 15) is 4.79 Å². The van der Waals surface area contributed by atoms with E-state index in [4.69, 9.17) is 4.74 Å². The molecule has 1 saturated heterocycles. The number of fused-ring (bicyclic) bond motifs is 6. The highest BCUT2D eigenvalue weighted by Gasteiger charge is 2.41. The number of piperidine rings is 1. The Hall–Kier alpha value is -3.33. The van der Waals surface area contributed by atoms with Crippen LogP contribution in [0.5, 0.6) is 0 Å². The molecule has 3 aromatic rings. The molecule has 0 radical (unpaired) electrons. The lowest BCUT2D eigenvalue weighted by Crippen LogP contribution is -2.52. The molecule has 2 atom stereocenters. The Morgan fingerprint density at radius 1 is 0.854 bits per heavy atom. The molecule has 3 nitrogen and oxygen atoms in total. The molecule has 1 amide bonds. The molecular weight excluding hydrogens is 502 g/mol. The van der Waals surface area contributed by atoms with Crippen LogP contribution in [0, 0.1) is 6.92 Å². The molecule has 4 aliphatic rings. The Morgan fingerprint density at radius 3 is 2.10 bits per heavy atom. The van der Waals surface area contributed by atoms with Crippen molar-refractivity contribution in [2.24, 2.45) is 0 Å². The molecule has 0 N–H and O–H groups in total. The number of nitrogens with zero attached hydrogens (tertiary/aromatic N) is 1. The van der Waals surface area contributed by atoms with Gasteiger partial charge in [-0.3, -0.25) is 4.90 Å². The Kier molecular flexibility index (Phi) is 6.23. The SMILES string of the molecule is Cc1cc2c(cc1C1=CC3CCCC(C1)N3C(=O)OCC1c3ccccc3-c3ccccc31)C(C)(C)CCC2(C)C. The summed E-state index contributed by atoms with van der Waals surface area (Å²) in [6.07, 6.45) is 8.81. The van der Waals surface area contributed by atoms with Crippen LogP contribution in [0.15, 0.2) is 66.7 Å². The Bertz CT molecular complexity index is 1510. The van der Waals surface area contributed by atoms with Gasteiger partial charge in [-0.15, -0.1) is 0 Å². The predicted octanol–water partition coefficient (Wildman–Crippen LogP) is 9.30. The summed E-state index contributed by atoms with van der Waals surface area (Å²) in [5.41, 5.74) is 12.7. The van der Waals surface area contributed by atoms with E-state index in [1.807, 2.05) is 0 Å². The smallest absolute Gasteiger partial charge is 0.410 e. The van der Waals surface area contributed by atoms with Gasteiger partial charge in [0.2, 0.25) is 0 Å². The highest BCUT2D eigenvalue weighted by Crippen LogP contribution is 2.49. The van der Waals surface area contributed by atoms with Gasteiger partial charge in [0.1, 0.15) is 6.61 Å². The zero-order valence-corrected chi connectivity index (χ0v) is 25.3. The lowest BCUT2D eigenvalue weighted by Gasteiger charge is -2.45. The quantitative estimate of drug-likeness (QED) is 0.328. The second-order valence-electron chi connectivity index (χ2n) is 14.2. The maximum atomic E-state index is 13.7. The molecule has 2 aliphatic carbocycles. The summed E-state index contributed by atoms with van der Waals surface area (Å²) < 4.78 is 6.16. The molecule has 212 valence electrons. The van der Waals surface area contributed by atoms with E-state index >= 15 is 0 Å². The van der Waals surface area contributed by atoms with E-state index in [0.29, 0.717) is 6.61 Å². The lowest BCUT2D eigenvalue weighted by molar-refractivity contribution is 0.0539. The minimum Gasteiger partial charge on any atom is -0.448 e. The summed E-state index contributed by atoms with van der Waals surface area (Å²) in [5.74, 6) is 0.0906. The van der Waals surface area contributed by atoms with E-state index in [1.165, 1.54) is 62.9 Å². The van der Waals surface area contributed by atoms with E-state index in [0.717, 1.165) is 25.7 Å². The number of carbonyl (C=O) groups is 1. The van der Waals surface area contributed by atoms with Crippen molar-refractivity contribution in [1.82, 2.24) is 4.90 Å². The van der Waals surface area contributed by atoms with Gasteiger partial charge < -0.3 is 4.74 Å². The van der Waals surface area contributed by atoms with Crippen LogP contribution in [-0.2, 0) is 15.6 Å². The minimum atomic E-state index is -0.151. The van der Waals surface area contributed by atoms with Crippen molar-refractivity contribution in [2.45, 2.75) is 102 Å². The van der Waals surface area contributed by atoms with Gasteiger partial charge in [0, 0.05) is 12.0 Å².